The fourth-order valence-electron chi connectivity index (χ4n) is 2.23. The van der Waals surface area contributed by atoms with Crippen LogP contribution >= 0.6 is 0 Å². The number of carboxylic acid groups (broad SMARTS) is 1. The molecule has 24 heavy (non-hydrogen) atoms. The summed E-state index contributed by atoms with van der Waals surface area (Å²) >= 11 is 0. The Labute approximate surface area is 138 Å². The maximum Gasteiger partial charge on any atom is 0.339 e. The van der Waals surface area contributed by atoms with Gasteiger partial charge >= 0.3 is 5.97 Å². The minimum atomic E-state index is -1.75. The van der Waals surface area contributed by atoms with Crippen molar-refractivity contribution < 1.29 is 29.6 Å². The lowest BCUT2D eigenvalue weighted by molar-refractivity contribution is -0.0429. The van der Waals surface area contributed by atoms with E-state index < -0.39 is 18.2 Å². The topological polar surface area (TPSA) is 116 Å². The van der Waals surface area contributed by atoms with Crippen LogP contribution in [0.15, 0.2) is 42.5 Å². The molecule has 7 nitrogen and oxygen atoms in total. The fraction of sp³-hybridized carbons (Fsp3) is 0.176. The SMILES string of the molecule is COc1cc(CNC(=O)c2ccccc2C(O)O)ccc1C(=O)O. The van der Waals surface area contributed by atoms with Gasteiger partial charge in [-0.1, -0.05) is 24.3 Å². The zero-order valence-electron chi connectivity index (χ0n) is 12.9. The summed E-state index contributed by atoms with van der Waals surface area (Å²) in [6, 6.07) is 10.6. The molecule has 0 aromatic heterocycles. The first-order valence-corrected chi connectivity index (χ1v) is 7.07. The average Bonchev–Trinajstić information content (AvgIpc) is 2.59. The van der Waals surface area contributed by atoms with Crippen LogP contribution < -0.4 is 10.1 Å². The van der Waals surface area contributed by atoms with Gasteiger partial charge in [0, 0.05) is 17.7 Å². The second-order valence-electron chi connectivity index (χ2n) is 4.98. The van der Waals surface area contributed by atoms with Crippen LogP contribution in [-0.2, 0) is 6.54 Å². The number of amides is 1. The van der Waals surface area contributed by atoms with Gasteiger partial charge in [-0.15, -0.1) is 0 Å². The fourth-order valence-corrected chi connectivity index (χ4v) is 2.23. The number of nitrogens with one attached hydrogen (secondary N) is 1. The maximum absolute atomic E-state index is 12.2. The van der Waals surface area contributed by atoms with Crippen molar-refractivity contribution in [1.82, 2.24) is 5.32 Å². The van der Waals surface area contributed by atoms with Crippen molar-refractivity contribution in [3.05, 3.63) is 64.7 Å². The third-order valence-corrected chi connectivity index (χ3v) is 3.43. The van der Waals surface area contributed by atoms with Crippen molar-refractivity contribution in [2.24, 2.45) is 0 Å². The highest BCUT2D eigenvalue weighted by atomic mass is 16.5. The number of rotatable bonds is 6. The molecule has 7 heteroatoms. The molecule has 0 radical (unpaired) electrons. The number of carboxylic acids is 1. The molecule has 0 aliphatic carbocycles. The predicted octanol–water partition coefficient (Wildman–Crippen LogP) is 1.31. The molecule has 4 N–H and O–H groups in total. The Hall–Kier alpha value is -2.90. The lowest BCUT2D eigenvalue weighted by Gasteiger charge is -2.12. The molecule has 0 unspecified atom stereocenters. The van der Waals surface area contributed by atoms with Crippen LogP contribution in [0.25, 0.3) is 0 Å². The van der Waals surface area contributed by atoms with Crippen LogP contribution in [-0.4, -0.2) is 34.3 Å². The van der Waals surface area contributed by atoms with Gasteiger partial charge in [0.2, 0.25) is 0 Å². The molecule has 2 rings (SSSR count). The van der Waals surface area contributed by atoms with Gasteiger partial charge in [-0.2, -0.15) is 0 Å². The monoisotopic (exact) mass is 331 g/mol. The summed E-state index contributed by atoms with van der Waals surface area (Å²) in [4.78, 5) is 23.3. The summed E-state index contributed by atoms with van der Waals surface area (Å²) in [5.41, 5.74) is 0.934. The molecule has 0 saturated carbocycles. The molecule has 2 aromatic carbocycles. The number of aromatic carboxylic acids is 1. The predicted molar refractivity (Wildman–Crippen MR) is 84.7 cm³/mol. The second-order valence-corrected chi connectivity index (χ2v) is 4.98. The van der Waals surface area contributed by atoms with Crippen LogP contribution in [0.5, 0.6) is 5.75 Å². The van der Waals surface area contributed by atoms with Gasteiger partial charge in [0.25, 0.3) is 5.91 Å². The first-order chi connectivity index (χ1) is 11.4. The number of carbonyl (C=O) groups excluding carboxylic acids is 1. The van der Waals surface area contributed by atoms with E-state index in [-0.39, 0.29) is 29.0 Å². The smallest absolute Gasteiger partial charge is 0.339 e. The van der Waals surface area contributed by atoms with Crippen LogP contribution in [0, 0.1) is 0 Å². The maximum atomic E-state index is 12.2. The zero-order chi connectivity index (χ0) is 17.7. The van der Waals surface area contributed by atoms with Gasteiger partial charge in [0.1, 0.15) is 11.3 Å². The van der Waals surface area contributed by atoms with Gasteiger partial charge in [0.15, 0.2) is 6.29 Å². The molecule has 1 amide bonds. The normalized spacial score (nSPS) is 10.5. The quantitative estimate of drug-likeness (QED) is 0.593. The number of aliphatic hydroxyl groups excluding tert-OH is 1. The molecule has 0 heterocycles. The Kier molecular flexibility index (Phi) is 5.51. The number of carbonyl (C=O) groups is 2. The molecule has 0 atom stereocenters. The van der Waals surface area contributed by atoms with Gasteiger partial charge in [0.05, 0.1) is 7.11 Å². The highest BCUT2D eigenvalue weighted by Crippen LogP contribution is 2.20. The summed E-state index contributed by atoms with van der Waals surface area (Å²) in [5, 5.41) is 30.3. The van der Waals surface area contributed by atoms with E-state index in [1.54, 1.807) is 18.2 Å². The van der Waals surface area contributed by atoms with Crippen molar-refractivity contribution in [3.8, 4) is 5.75 Å². The van der Waals surface area contributed by atoms with Crippen LogP contribution in [0.1, 0.15) is 38.1 Å². The van der Waals surface area contributed by atoms with E-state index in [0.29, 0.717) is 5.56 Å². The van der Waals surface area contributed by atoms with E-state index in [1.165, 1.54) is 31.4 Å². The van der Waals surface area contributed by atoms with E-state index in [9.17, 15) is 19.8 Å². The Morgan fingerprint density at radius 3 is 2.46 bits per heavy atom. The van der Waals surface area contributed by atoms with E-state index in [4.69, 9.17) is 9.84 Å². The lowest BCUT2D eigenvalue weighted by atomic mass is 10.1. The number of benzene rings is 2. The van der Waals surface area contributed by atoms with Gasteiger partial charge < -0.3 is 25.4 Å². The van der Waals surface area contributed by atoms with Gasteiger partial charge in [-0.05, 0) is 23.8 Å². The van der Waals surface area contributed by atoms with Crippen molar-refractivity contribution in [1.29, 1.82) is 0 Å². The molecule has 0 spiro atoms. The molecule has 2 aromatic rings. The number of aliphatic hydroxyl groups is 2. The molecule has 0 bridgehead atoms. The number of hydrogen-bond donors (Lipinski definition) is 4. The summed E-state index contributed by atoms with van der Waals surface area (Å²) < 4.78 is 5.03. The minimum absolute atomic E-state index is 0.0290. The summed E-state index contributed by atoms with van der Waals surface area (Å²) in [7, 11) is 1.36. The molecule has 0 fully saturated rings. The van der Waals surface area contributed by atoms with E-state index >= 15 is 0 Å². The van der Waals surface area contributed by atoms with Gasteiger partial charge in [-0.25, -0.2) is 4.79 Å². The first-order valence-electron chi connectivity index (χ1n) is 7.07. The van der Waals surface area contributed by atoms with Gasteiger partial charge in [-0.3, -0.25) is 4.79 Å². The van der Waals surface area contributed by atoms with Crippen molar-refractivity contribution >= 4 is 11.9 Å². The van der Waals surface area contributed by atoms with Crippen LogP contribution in [0.2, 0.25) is 0 Å². The van der Waals surface area contributed by atoms with Crippen LogP contribution in [0.4, 0.5) is 0 Å². The Morgan fingerprint density at radius 1 is 1.12 bits per heavy atom. The highest BCUT2D eigenvalue weighted by Gasteiger charge is 2.16. The Balaban J connectivity index is 2.14. The largest absolute Gasteiger partial charge is 0.496 e. The molecular formula is C17H17NO6. The third-order valence-electron chi connectivity index (χ3n) is 3.43. The second kappa shape index (κ2) is 7.58. The van der Waals surface area contributed by atoms with Crippen molar-refractivity contribution in [3.63, 3.8) is 0 Å². The van der Waals surface area contributed by atoms with E-state index in [0.717, 1.165) is 0 Å². The standard InChI is InChI=1S/C17H17NO6/c1-24-14-8-10(6-7-13(14)17(22)23)9-18-15(19)11-4-2-3-5-12(11)16(20)21/h2-8,16,20-21H,9H2,1H3,(H,18,19)(H,22,23). The first kappa shape index (κ1) is 17.5. The summed E-state index contributed by atoms with van der Waals surface area (Å²) in [6.45, 7) is 0.130. The molecule has 0 saturated heterocycles. The lowest BCUT2D eigenvalue weighted by Crippen LogP contribution is -2.24. The average molecular weight is 331 g/mol. The summed E-state index contributed by atoms with van der Waals surface area (Å²) in [5.74, 6) is -1.38. The summed E-state index contributed by atoms with van der Waals surface area (Å²) in [6.07, 6.45) is -1.75. The van der Waals surface area contributed by atoms with E-state index in [1.807, 2.05) is 0 Å². The molecule has 0 aliphatic heterocycles. The Bertz CT molecular complexity index is 756. The van der Waals surface area contributed by atoms with E-state index in [2.05, 4.69) is 5.32 Å². The Morgan fingerprint density at radius 2 is 1.83 bits per heavy atom. The highest BCUT2D eigenvalue weighted by molar-refractivity contribution is 5.95. The number of hydrogen-bond acceptors (Lipinski definition) is 5. The van der Waals surface area contributed by atoms with Crippen molar-refractivity contribution in [2.45, 2.75) is 12.8 Å². The molecule has 126 valence electrons. The zero-order valence-corrected chi connectivity index (χ0v) is 12.9. The third kappa shape index (κ3) is 3.89. The molecule has 0 aliphatic rings. The minimum Gasteiger partial charge on any atom is -0.496 e. The molecular weight excluding hydrogens is 314 g/mol. The van der Waals surface area contributed by atoms with Crippen molar-refractivity contribution in [2.75, 3.05) is 7.11 Å². The van der Waals surface area contributed by atoms with Crippen LogP contribution in [0.3, 0.4) is 0 Å². The number of ether oxygens (including phenoxy) is 1. The number of methoxy groups -OCH3 is 1.